The van der Waals surface area contributed by atoms with Gasteiger partial charge in [-0.05, 0) is 30.7 Å². The van der Waals surface area contributed by atoms with Crippen LogP contribution in [0.2, 0.25) is 0 Å². The highest BCUT2D eigenvalue weighted by molar-refractivity contribution is 6.01. The molecule has 1 aromatic carbocycles. The lowest BCUT2D eigenvalue weighted by molar-refractivity contribution is -0.197. The fourth-order valence-corrected chi connectivity index (χ4v) is 2.16. The summed E-state index contributed by atoms with van der Waals surface area (Å²) in [6.45, 7) is 0. The third-order valence-electron chi connectivity index (χ3n) is 3.42. The summed E-state index contributed by atoms with van der Waals surface area (Å²) >= 11 is 0. The summed E-state index contributed by atoms with van der Waals surface area (Å²) in [6, 6.07) is 8.35. The van der Waals surface area contributed by atoms with E-state index in [4.69, 9.17) is 10.1 Å². The fourth-order valence-electron chi connectivity index (χ4n) is 2.16. The van der Waals surface area contributed by atoms with Crippen LogP contribution in [0.3, 0.4) is 0 Å². The number of amides is 3. The summed E-state index contributed by atoms with van der Waals surface area (Å²) in [6.07, 6.45) is 0.275. The molecule has 0 bridgehead atoms. The van der Waals surface area contributed by atoms with Crippen LogP contribution in [0.1, 0.15) is 37.7 Å². The lowest BCUT2D eigenvalue weighted by Crippen LogP contribution is -2.32. The zero-order chi connectivity index (χ0) is 18.9. The first-order valence-electron chi connectivity index (χ1n) is 7.86. The fraction of sp³-hybridized carbons (Fsp3) is 0.278. The predicted molar refractivity (Wildman–Crippen MR) is 88.6 cm³/mol. The number of nitrogens with zero attached hydrogens (tertiary/aromatic N) is 2. The van der Waals surface area contributed by atoms with E-state index >= 15 is 0 Å². The highest BCUT2D eigenvalue weighted by atomic mass is 16.7. The van der Waals surface area contributed by atoms with Gasteiger partial charge in [-0.2, -0.15) is 5.26 Å². The predicted octanol–water partition coefficient (Wildman–Crippen LogP) is 1.28. The van der Waals surface area contributed by atoms with E-state index in [1.807, 2.05) is 0 Å². The summed E-state index contributed by atoms with van der Waals surface area (Å²) in [5, 5.41) is 11.5. The minimum Gasteiger partial charge on any atom is -0.330 e. The van der Waals surface area contributed by atoms with Crippen molar-refractivity contribution in [2.24, 2.45) is 0 Å². The Bertz CT molecular complexity index is 811. The molecule has 0 radical (unpaired) electrons. The van der Waals surface area contributed by atoms with Crippen molar-refractivity contribution in [1.82, 2.24) is 5.06 Å². The Kier molecular flexibility index (Phi) is 6.47. The molecule has 8 nitrogen and oxygen atoms in total. The molecule has 1 fully saturated rings. The van der Waals surface area contributed by atoms with Gasteiger partial charge in [-0.3, -0.25) is 14.4 Å². The first kappa shape index (κ1) is 18.7. The van der Waals surface area contributed by atoms with Gasteiger partial charge in [0, 0.05) is 42.9 Å². The molecule has 132 valence electrons. The van der Waals surface area contributed by atoms with Crippen molar-refractivity contribution in [3.8, 4) is 17.9 Å². The van der Waals surface area contributed by atoms with Gasteiger partial charge in [-0.15, -0.1) is 5.06 Å². The number of hydrogen-bond acceptors (Lipinski definition) is 6. The van der Waals surface area contributed by atoms with Crippen LogP contribution in [-0.4, -0.2) is 28.8 Å². The molecular weight excluding hydrogens is 338 g/mol. The number of hydrogen-bond donors (Lipinski definition) is 1. The van der Waals surface area contributed by atoms with Crippen molar-refractivity contribution in [2.75, 3.05) is 5.32 Å². The van der Waals surface area contributed by atoms with E-state index < -0.39 is 17.8 Å². The summed E-state index contributed by atoms with van der Waals surface area (Å²) in [5.41, 5.74) is 1.21. The molecule has 0 atom stereocenters. The lowest BCUT2D eigenvalue weighted by Gasteiger charge is -2.12. The van der Waals surface area contributed by atoms with Crippen molar-refractivity contribution in [1.29, 1.82) is 5.26 Å². The van der Waals surface area contributed by atoms with Gasteiger partial charge in [-0.1, -0.05) is 5.92 Å². The van der Waals surface area contributed by atoms with Crippen molar-refractivity contribution >= 4 is 29.4 Å². The third-order valence-corrected chi connectivity index (χ3v) is 3.42. The molecule has 3 amide bonds. The van der Waals surface area contributed by atoms with Crippen molar-refractivity contribution < 1.29 is 24.0 Å². The average Bonchev–Trinajstić information content (AvgIpc) is 2.93. The van der Waals surface area contributed by atoms with Gasteiger partial charge in [0.05, 0.1) is 0 Å². The van der Waals surface area contributed by atoms with Crippen LogP contribution in [0.15, 0.2) is 24.3 Å². The topological polar surface area (TPSA) is 117 Å². The normalized spacial score (nSPS) is 12.8. The molecule has 0 unspecified atom stereocenters. The van der Waals surface area contributed by atoms with Crippen molar-refractivity contribution in [3.05, 3.63) is 29.8 Å². The highest BCUT2D eigenvalue weighted by Crippen LogP contribution is 2.14. The molecule has 2 rings (SSSR count). The Hall–Kier alpha value is -3.65. The van der Waals surface area contributed by atoms with E-state index in [1.54, 1.807) is 30.3 Å². The number of benzene rings is 1. The largest absolute Gasteiger partial charge is 0.333 e. The van der Waals surface area contributed by atoms with Gasteiger partial charge >= 0.3 is 5.97 Å². The summed E-state index contributed by atoms with van der Waals surface area (Å²) in [7, 11) is 0. The summed E-state index contributed by atoms with van der Waals surface area (Å²) < 4.78 is 0. The smallest absolute Gasteiger partial charge is 0.330 e. The number of imide groups is 1. The van der Waals surface area contributed by atoms with E-state index in [9.17, 15) is 19.2 Å². The Morgan fingerprint density at radius 3 is 2.38 bits per heavy atom. The minimum absolute atomic E-state index is 0.0371. The zero-order valence-corrected chi connectivity index (χ0v) is 13.8. The molecule has 0 saturated carbocycles. The summed E-state index contributed by atoms with van der Waals surface area (Å²) in [4.78, 5) is 50.8. The van der Waals surface area contributed by atoms with Gasteiger partial charge in [0.2, 0.25) is 5.91 Å². The minimum atomic E-state index is -0.734. The molecule has 0 aliphatic carbocycles. The Balaban J connectivity index is 1.71. The second-order valence-corrected chi connectivity index (χ2v) is 5.39. The number of nitriles is 1. The van der Waals surface area contributed by atoms with Crippen molar-refractivity contribution in [2.45, 2.75) is 32.1 Å². The molecule has 26 heavy (non-hydrogen) atoms. The second kappa shape index (κ2) is 9.00. The molecule has 8 heteroatoms. The van der Waals surface area contributed by atoms with Crippen LogP contribution in [0, 0.1) is 23.2 Å². The molecule has 0 spiro atoms. The van der Waals surface area contributed by atoms with Gasteiger partial charge in [0.15, 0.2) is 6.07 Å². The zero-order valence-electron chi connectivity index (χ0n) is 13.8. The van der Waals surface area contributed by atoms with E-state index in [1.165, 1.54) is 0 Å². The Labute approximate surface area is 149 Å². The maximum atomic E-state index is 11.8. The van der Waals surface area contributed by atoms with E-state index in [0.29, 0.717) is 16.3 Å². The van der Waals surface area contributed by atoms with Crippen LogP contribution in [0.4, 0.5) is 5.69 Å². The molecule has 1 aliphatic heterocycles. The van der Waals surface area contributed by atoms with E-state index in [2.05, 4.69) is 17.2 Å². The van der Waals surface area contributed by atoms with Gasteiger partial charge < -0.3 is 10.2 Å². The number of hydroxylamine groups is 2. The summed E-state index contributed by atoms with van der Waals surface area (Å²) in [5.74, 6) is 2.80. The van der Waals surface area contributed by atoms with Crippen LogP contribution in [-0.2, 0) is 24.0 Å². The number of anilines is 1. The SMILES string of the molecule is N#CC#Cc1ccc(NC(=O)CCCC(=O)ON2C(=O)CCC2=O)cc1. The molecule has 0 aromatic heterocycles. The maximum Gasteiger partial charge on any atom is 0.333 e. The van der Waals surface area contributed by atoms with Crippen LogP contribution in [0.5, 0.6) is 0 Å². The highest BCUT2D eigenvalue weighted by Gasteiger charge is 2.32. The van der Waals surface area contributed by atoms with Crippen molar-refractivity contribution in [3.63, 3.8) is 0 Å². The molecule has 1 aliphatic rings. The Morgan fingerprint density at radius 1 is 1.12 bits per heavy atom. The first-order chi connectivity index (χ1) is 12.5. The number of carbonyl (C=O) groups is 4. The maximum absolute atomic E-state index is 11.8. The average molecular weight is 353 g/mol. The van der Waals surface area contributed by atoms with E-state index in [-0.39, 0.29) is 38.0 Å². The van der Waals surface area contributed by atoms with Gasteiger partial charge in [0.25, 0.3) is 11.8 Å². The molecule has 1 N–H and O–H groups in total. The van der Waals surface area contributed by atoms with Crippen LogP contribution >= 0.6 is 0 Å². The second-order valence-electron chi connectivity index (χ2n) is 5.39. The third kappa shape index (κ3) is 5.46. The van der Waals surface area contributed by atoms with Gasteiger partial charge in [0.1, 0.15) is 0 Å². The molecule has 1 heterocycles. The quantitative estimate of drug-likeness (QED) is 0.608. The van der Waals surface area contributed by atoms with Crippen LogP contribution < -0.4 is 5.32 Å². The monoisotopic (exact) mass is 353 g/mol. The molecule has 1 saturated heterocycles. The number of rotatable bonds is 6. The van der Waals surface area contributed by atoms with E-state index in [0.717, 1.165) is 0 Å². The molecule has 1 aromatic rings. The van der Waals surface area contributed by atoms with Gasteiger partial charge in [-0.25, -0.2) is 4.79 Å². The first-order valence-corrected chi connectivity index (χ1v) is 7.86. The van der Waals surface area contributed by atoms with Crippen LogP contribution in [0.25, 0.3) is 0 Å². The Morgan fingerprint density at radius 2 is 1.77 bits per heavy atom. The number of nitrogens with one attached hydrogen (secondary N) is 1. The lowest BCUT2D eigenvalue weighted by atomic mass is 10.2. The standard InChI is InChI=1S/C18H15N3O5/c19-12-2-3-13-6-8-14(9-7-13)20-15(22)4-1-5-18(25)26-21-16(23)10-11-17(21)24/h6-9H,1,4-5,10-11H2,(H,20,22). The molecular formula is C18H15N3O5. The number of carbonyl (C=O) groups excluding carboxylic acids is 4.